The van der Waals surface area contributed by atoms with E-state index >= 15 is 0 Å². The van der Waals surface area contributed by atoms with Crippen LogP contribution in [-0.2, 0) is 16.1 Å². The van der Waals surface area contributed by atoms with Gasteiger partial charge in [0.25, 0.3) is 0 Å². The highest BCUT2D eigenvalue weighted by Crippen LogP contribution is 2.35. The molecule has 1 aromatic carbocycles. The molecule has 5 heteroatoms. The lowest BCUT2D eigenvalue weighted by Crippen LogP contribution is -2.53. The molecule has 1 amide bonds. The van der Waals surface area contributed by atoms with Crippen LogP contribution in [0.4, 0.5) is 0 Å². The molecule has 0 radical (unpaired) electrons. The Labute approximate surface area is 156 Å². The van der Waals surface area contributed by atoms with Crippen LogP contribution in [0.3, 0.4) is 0 Å². The Balaban J connectivity index is 1.44. The van der Waals surface area contributed by atoms with E-state index in [-0.39, 0.29) is 17.9 Å². The number of methoxy groups -OCH3 is 1. The van der Waals surface area contributed by atoms with Crippen molar-refractivity contribution in [1.29, 1.82) is 0 Å². The van der Waals surface area contributed by atoms with Gasteiger partial charge in [-0.25, -0.2) is 0 Å². The van der Waals surface area contributed by atoms with Crippen molar-refractivity contribution < 1.29 is 14.3 Å². The van der Waals surface area contributed by atoms with Gasteiger partial charge in [-0.15, -0.1) is 0 Å². The molecule has 3 fully saturated rings. The molecular weight excluding hydrogens is 328 g/mol. The zero-order chi connectivity index (χ0) is 17.9. The number of carbonyl (C=O) groups is 1. The molecule has 26 heavy (non-hydrogen) atoms. The Bertz CT molecular complexity index is 629. The highest BCUT2D eigenvalue weighted by atomic mass is 16.5. The third-order valence-corrected chi connectivity index (χ3v) is 6.25. The number of nitrogens with zero attached hydrogens (tertiary/aromatic N) is 1. The van der Waals surface area contributed by atoms with Crippen molar-refractivity contribution in [3.63, 3.8) is 0 Å². The van der Waals surface area contributed by atoms with Crippen molar-refractivity contribution in [1.82, 2.24) is 10.2 Å². The van der Waals surface area contributed by atoms with Gasteiger partial charge in [-0.3, -0.25) is 9.69 Å². The average Bonchev–Trinajstić information content (AvgIpc) is 3.32. The quantitative estimate of drug-likeness (QED) is 0.879. The number of carbonyl (C=O) groups excluding carboxylic acids is 1. The lowest BCUT2D eigenvalue weighted by atomic mass is 9.82. The third kappa shape index (κ3) is 3.89. The Morgan fingerprint density at radius 2 is 2.12 bits per heavy atom. The second-order valence-corrected chi connectivity index (χ2v) is 8.00. The maximum atomic E-state index is 13.0. The van der Waals surface area contributed by atoms with Gasteiger partial charge in [0.15, 0.2) is 0 Å². The summed E-state index contributed by atoms with van der Waals surface area (Å²) in [7, 11) is 1.69. The minimum Gasteiger partial charge on any atom is -0.497 e. The van der Waals surface area contributed by atoms with Crippen LogP contribution in [0.1, 0.15) is 37.7 Å². The molecule has 0 unspecified atom stereocenters. The molecule has 2 heterocycles. The first-order chi connectivity index (χ1) is 12.7. The highest BCUT2D eigenvalue weighted by Gasteiger charge is 2.44. The highest BCUT2D eigenvalue weighted by molar-refractivity contribution is 5.79. The number of fused-ring (bicyclic) bond motifs is 1. The van der Waals surface area contributed by atoms with Crippen molar-refractivity contribution in [3.05, 3.63) is 29.8 Å². The lowest BCUT2D eigenvalue weighted by Gasteiger charge is -2.39. The van der Waals surface area contributed by atoms with Crippen molar-refractivity contribution in [2.45, 2.75) is 50.8 Å². The number of likely N-dealkylation sites (tertiary alicyclic amines) is 1. The molecule has 3 aliphatic rings. The van der Waals surface area contributed by atoms with Crippen molar-refractivity contribution in [2.75, 3.05) is 26.8 Å². The number of rotatable bonds is 5. The number of piperidine rings is 1. The summed E-state index contributed by atoms with van der Waals surface area (Å²) in [6, 6.07) is 8.58. The van der Waals surface area contributed by atoms with Gasteiger partial charge in [0.05, 0.1) is 19.1 Å². The summed E-state index contributed by atoms with van der Waals surface area (Å²) in [6.07, 6.45) is 5.96. The van der Waals surface area contributed by atoms with E-state index in [4.69, 9.17) is 9.47 Å². The predicted octanol–water partition coefficient (Wildman–Crippen LogP) is 2.59. The number of hydrogen-bond acceptors (Lipinski definition) is 4. The fraction of sp³-hybridized carbons (Fsp3) is 0.667. The standard InChI is InChI=1S/C21H30N2O3/c1-25-17-8-4-5-15(11-17)12-23-13-19(18-9-10-26-20(18)14-23)21(24)22-16-6-2-3-7-16/h4-5,8,11,16,18-20H,2-3,6-7,9-10,12-14H2,1H3,(H,22,24)/t18-,19-,20+/m0/s1. The molecule has 2 aliphatic heterocycles. The molecule has 0 spiro atoms. The minimum absolute atomic E-state index is 0.0439. The van der Waals surface area contributed by atoms with Crippen LogP contribution < -0.4 is 10.1 Å². The minimum atomic E-state index is 0.0439. The molecule has 1 saturated carbocycles. The van der Waals surface area contributed by atoms with E-state index in [0.717, 1.165) is 51.3 Å². The van der Waals surface area contributed by atoms with Crippen LogP contribution in [0, 0.1) is 11.8 Å². The smallest absolute Gasteiger partial charge is 0.225 e. The van der Waals surface area contributed by atoms with Gasteiger partial charge in [0.1, 0.15) is 5.75 Å². The van der Waals surface area contributed by atoms with Crippen molar-refractivity contribution in [3.8, 4) is 5.75 Å². The third-order valence-electron chi connectivity index (χ3n) is 6.25. The number of benzene rings is 1. The number of ether oxygens (including phenoxy) is 2. The Morgan fingerprint density at radius 1 is 1.27 bits per heavy atom. The Kier molecular flexibility index (Phi) is 5.46. The molecule has 2 saturated heterocycles. The van der Waals surface area contributed by atoms with Crippen LogP contribution in [-0.4, -0.2) is 49.8 Å². The fourth-order valence-electron chi connectivity index (χ4n) is 4.87. The van der Waals surface area contributed by atoms with Gasteiger partial charge in [-0.1, -0.05) is 25.0 Å². The average molecular weight is 358 g/mol. The summed E-state index contributed by atoms with van der Waals surface area (Å²) >= 11 is 0. The molecule has 1 N–H and O–H groups in total. The summed E-state index contributed by atoms with van der Waals surface area (Å²) in [5.41, 5.74) is 1.22. The summed E-state index contributed by atoms with van der Waals surface area (Å²) in [5.74, 6) is 1.54. The summed E-state index contributed by atoms with van der Waals surface area (Å²) in [4.78, 5) is 15.4. The van der Waals surface area contributed by atoms with Gasteiger partial charge < -0.3 is 14.8 Å². The van der Waals surface area contributed by atoms with Gasteiger partial charge in [0, 0.05) is 38.2 Å². The van der Waals surface area contributed by atoms with Gasteiger partial charge in [0.2, 0.25) is 5.91 Å². The molecule has 142 valence electrons. The first kappa shape index (κ1) is 17.8. The van der Waals surface area contributed by atoms with E-state index in [9.17, 15) is 4.79 Å². The molecule has 3 atom stereocenters. The van der Waals surface area contributed by atoms with Crippen LogP contribution in [0.5, 0.6) is 5.75 Å². The van der Waals surface area contributed by atoms with Crippen LogP contribution >= 0.6 is 0 Å². The topological polar surface area (TPSA) is 50.8 Å². The first-order valence-corrected chi connectivity index (χ1v) is 10.00. The summed E-state index contributed by atoms with van der Waals surface area (Å²) < 4.78 is 11.3. The fourth-order valence-corrected chi connectivity index (χ4v) is 4.87. The largest absolute Gasteiger partial charge is 0.497 e. The number of amides is 1. The summed E-state index contributed by atoms with van der Waals surface area (Å²) in [5, 5.41) is 3.32. The van der Waals surface area contributed by atoms with E-state index in [1.165, 1.54) is 18.4 Å². The van der Waals surface area contributed by atoms with Crippen LogP contribution in [0.25, 0.3) is 0 Å². The van der Waals surface area contributed by atoms with Crippen molar-refractivity contribution >= 4 is 5.91 Å². The molecule has 4 rings (SSSR count). The van der Waals surface area contributed by atoms with E-state index in [1.807, 2.05) is 12.1 Å². The van der Waals surface area contributed by atoms with Gasteiger partial charge in [-0.2, -0.15) is 0 Å². The van der Waals surface area contributed by atoms with Gasteiger partial charge in [-0.05, 0) is 37.0 Å². The monoisotopic (exact) mass is 358 g/mol. The summed E-state index contributed by atoms with van der Waals surface area (Å²) in [6.45, 7) is 3.35. The Hall–Kier alpha value is -1.59. The molecule has 0 aromatic heterocycles. The van der Waals surface area contributed by atoms with E-state index in [0.29, 0.717) is 12.0 Å². The van der Waals surface area contributed by atoms with Gasteiger partial charge >= 0.3 is 0 Å². The molecule has 1 aromatic rings. The van der Waals surface area contributed by atoms with E-state index < -0.39 is 0 Å². The molecular formula is C21H30N2O3. The SMILES string of the molecule is COc1cccc(CN2C[C@H](C(=O)NC3CCCC3)[C@@H]3CCO[C@@H]3C2)c1. The molecule has 0 bridgehead atoms. The molecule has 5 nitrogen and oxygen atoms in total. The zero-order valence-electron chi connectivity index (χ0n) is 15.7. The lowest BCUT2D eigenvalue weighted by molar-refractivity contribution is -0.132. The maximum Gasteiger partial charge on any atom is 0.225 e. The predicted molar refractivity (Wildman–Crippen MR) is 100 cm³/mol. The normalized spacial score (nSPS) is 29.5. The molecule has 1 aliphatic carbocycles. The van der Waals surface area contributed by atoms with E-state index in [1.54, 1.807) is 7.11 Å². The second kappa shape index (κ2) is 7.97. The van der Waals surface area contributed by atoms with Crippen molar-refractivity contribution in [2.24, 2.45) is 11.8 Å². The van der Waals surface area contributed by atoms with E-state index in [2.05, 4.69) is 22.3 Å². The zero-order valence-corrected chi connectivity index (χ0v) is 15.7. The number of nitrogens with one attached hydrogen (secondary N) is 1. The number of hydrogen-bond donors (Lipinski definition) is 1. The van der Waals surface area contributed by atoms with Crippen LogP contribution in [0.2, 0.25) is 0 Å². The Morgan fingerprint density at radius 3 is 2.92 bits per heavy atom. The van der Waals surface area contributed by atoms with Crippen LogP contribution in [0.15, 0.2) is 24.3 Å². The first-order valence-electron chi connectivity index (χ1n) is 10.00. The second-order valence-electron chi connectivity index (χ2n) is 8.00. The maximum absolute atomic E-state index is 13.0.